The van der Waals surface area contributed by atoms with Crippen LogP contribution in [0.1, 0.15) is 6.92 Å². The average molecular weight is 264 g/mol. The van der Waals surface area contributed by atoms with Crippen LogP contribution in [0.4, 0.5) is 0 Å². The molecule has 7 heteroatoms. The molecule has 2 rings (SSSR count). The molecule has 100 valence electrons. The van der Waals surface area contributed by atoms with Gasteiger partial charge in [0.25, 0.3) is 23.6 Å². The standard InChI is InChI=1S/C12H12N2O5/c1-2-19-12(14-10(17)5-6-11(14)18)7-13-8(15)3-4-9(13)16/h3-6,12H,2,7H2,1H3. The van der Waals surface area contributed by atoms with Crippen LogP contribution in [-0.4, -0.2) is 52.8 Å². The van der Waals surface area contributed by atoms with E-state index in [4.69, 9.17) is 4.74 Å². The fourth-order valence-corrected chi connectivity index (χ4v) is 1.86. The van der Waals surface area contributed by atoms with Crippen LogP contribution >= 0.6 is 0 Å². The molecule has 0 bridgehead atoms. The van der Waals surface area contributed by atoms with Crippen molar-refractivity contribution in [1.29, 1.82) is 0 Å². The number of carbonyl (C=O) groups is 4. The predicted molar refractivity (Wildman–Crippen MR) is 62.3 cm³/mol. The average Bonchev–Trinajstić information content (AvgIpc) is 2.85. The van der Waals surface area contributed by atoms with Gasteiger partial charge in [0.15, 0.2) is 6.23 Å². The summed E-state index contributed by atoms with van der Waals surface area (Å²) < 4.78 is 5.30. The van der Waals surface area contributed by atoms with E-state index in [0.717, 1.165) is 34.1 Å². The normalized spacial score (nSPS) is 20.1. The van der Waals surface area contributed by atoms with Gasteiger partial charge in [-0.25, -0.2) is 4.90 Å². The summed E-state index contributed by atoms with van der Waals surface area (Å²) in [6.45, 7) is 1.76. The maximum atomic E-state index is 11.6. The smallest absolute Gasteiger partial charge is 0.255 e. The summed E-state index contributed by atoms with van der Waals surface area (Å²) in [7, 11) is 0. The lowest BCUT2D eigenvalue weighted by Gasteiger charge is -2.28. The highest BCUT2D eigenvalue weighted by molar-refractivity contribution is 6.14. The molecule has 0 radical (unpaired) electrons. The van der Waals surface area contributed by atoms with Gasteiger partial charge in [-0.15, -0.1) is 0 Å². The van der Waals surface area contributed by atoms with Gasteiger partial charge >= 0.3 is 0 Å². The van der Waals surface area contributed by atoms with E-state index in [9.17, 15) is 19.2 Å². The van der Waals surface area contributed by atoms with E-state index in [2.05, 4.69) is 0 Å². The molecule has 0 aromatic rings. The summed E-state index contributed by atoms with van der Waals surface area (Å²) >= 11 is 0. The van der Waals surface area contributed by atoms with Crippen molar-refractivity contribution in [3.8, 4) is 0 Å². The second-order valence-corrected chi connectivity index (χ2v) is 3.91. The van der Waals surface area contributed by atoms with E-state index in [1.165, 1.54) is 0 Å². The van der Waals surface area contributed by atoms with Gasteiger partial charge in [-0.3, -0.25) is 24.1 Å². The lowest BCUT2D eigenvalue weighted by atomic mass is 10.4. The van der Waals surface area contributed by atoms with E-state index in [1.807, 2.05) is 0 Å². The van der Waals surface area contributed by atoms with E-state index in [1.54, 1.807) is 6.92 Å². The van der Waals surface area contributed by atoms with E-state index in [-0.39, 0.29) is 13.2 Å². The van der Waals surface area contributed by atoms with Crippen LogP contribution in [0.5, 0.6) is 0 Å². The first kappa shape index (κ1) is 13.2. The second kappa shape index (κ2) is 5.15. The Morgan fingerprint density at radius 1 is 0.947 bits per heavy atom. The Hall–Kier alpha value is -2.28. The zero-order chi connectivity index (χ0) is 14.0. The van der Waals surface area contributed by atoms with Gasteiger partial charge < -0.3 is 4.74 Å². The van der Waals surface area contributed by atoms with Crippen LogP contribution in [-0.2, 0) is 23.9 Å². The molecule has 0 aromatic heterocycles. The van der Waals surface area contributed by atoms with Crippen LogP contribution in [0.25, 0.3) is 0 Å². The van der Waals surface area contributed by atoms with Crippen LogP contribution in [0.2, 0.25) is 0 Å². The molecule has 7 nitrogen and oxygen atoms in total. The lowest BCUT2D eigenvalue weighted by Crippen LogP contribution is -2.49. The van der Waals surface area contributed by atoms with Gasteiger partial charge in [0.2, 0.25) is 0 Å². The van der Waals surface area contributed by atoms with E-state index >= 15 is 0 Å². The summed E-state index contributed by atoms with van der Waals surface area (Å²) in [4.78, 5) is 47.9. The van der Waals surface area contributed by atoms with Crippen molar-refractivity contribution in [2.24, 2.45) is 0 Å². The molecule has 2 aliphatic rings. The molecule has 0 N–H and O–H groups in total. The second-order valence-electron chi connectivity index (χ2n) is 3.91. The quantitative estimate of drug-likeness (QED) is 0.607. The summed E-state index contributed by atoms with van der Waals surface area (Å²) in [5.74, 6) is -2.01. The minimum absolute atomic E-state index is 0.169. The fourth-order valence-electron chi connectivity index (χ4n) is 1.86. The van der Waals surface area contributed by atoms with Crippen molar-refractivity contribution >= 4 is 23.6 Å². The Kier molecular flexibility index (Phi) is 3.57. The molecule has 19 heavy (non-hydrogen) atoms. The highest BCUT2D eigenvalue weighted by Crippen LogP contribution is 2.14. The SMILES string of the molecule is CCOC(CN1C(=O)C=CC1=O)N1C(=O)C=CC1=O. The maximum Gasteiger partial charge on any atom is 0.255 e. The van der Waals surface area contributed by atoms with Crippen LogP contribution in [0.15, 0.2) is 24.3 Å². The molecule has 0 saturated carbocycles. The third kappa shape index (κ3) is 2.45. The summed E-state index contributed by atoms with van der Waals surface area (Å²) in [5, 5.41) is 0. The van der Waals surface area contributed by atoms with Crippen LogP contribution < -0.4 is 0 Å². The largest absolute Gasteiger partial charge is 0.356 e. The molecule has 4 amide bonds. The Morgan fingerprint density at radius 2 is 1.42 bits per heavy atom. The van der Waals surface area contributed by atoms with Gasteiger partial charge in [0.1, 0.15) is 0 Å². The van der Waals surface area contributed by atoms with Gasteiger partial charge in [-0.05, 0) is 6.92 Å². The number of ether oxygens (including phenoxy) is 1. The number of hydrogen-bond donors (Lipinski definition) is 0. The van der Waals surface area contributed by atoms with Crippen LogP contribution in [0, 0.1) is 0 Å². The van der Waals surface area contributed by atoms with Crippen molar-refractivity contribution in [3.63, 3.8) is 0 Å². The molecule has 0 spiro atoms. The first-order valence-corrected chi connectivity index (χ1v) is 5.75. The van der Waals surface area contributed by atoms with Crippen molar-refractivity contribution in [1.82, 2.24) is 9.80 Å². The highest BCUT2D eigenvalue weighted by atomic mass is 16.5. The minimum Gasteiger partial charge on any atom is -0.356 e. The Bertz CT molecular complexity index is 472. The topological polar surface area (TPSA) is 84.0 Å². The highest BCUT2D eigenvalue weighted by Gasteiger charge is 2.36. The van der Waals surface area contributed by atoms with Gasteiger partial charge in [-0.2, -0.15) is 0 Å². The maximum absolute atomic E-state index is 11.6. The molecule has 0 saturated heterocycles. The van der Waals surface area contributed by atoms with Crippen LogP contribution in [0.3, 0.4) is 0 Å². The first-order valence-electron chi connectivity index (χ1n) is 5.75. The Labute approximate surface area is 109 Å². The fraction of sp³-hybridized carbons (Fsp3) is 0.333. The van der Waals surface area contributed by atoms with E-state index < -0.39 is 29.9 Å². The van der Waals surface area contributed by atoms with Crippen molar-refractivity contribution in [3.05, 3.63) is 24.3 Å². The van der Waals surface area contributed by atoms with Crippen molar-refractivity contribution < 1.29 is 23.9 Å². The van der Waals surface area contributed by atoms with Gasteiger partial charge in [0, 0.05) is 30.9 Å². The predicted octanol–water partition coefficient (Wildman–Crippen LogP) is -0.801. The monoisotopic (exact) mass is 264 g/mol. The molecular formula is C12H12N2O5. The first-order chi connectivity index (χ1) is 9.04. The third-order valence-corrected chi connectivity index (χ3v) is 2.73. The Balaban J connectivity index is 2.13. The molecule has 0 aromatic carbocycles. The zero-order valence-electron chi connectivity index (χ0n) is 10.2. The number of hydrogen-bond acceptors (Lipinski definition) is 5. The Morgan fingerprint density at radius 3 is 1.89 bits per heavy atom. The summed E-state index contributed by atoms with van der Waals surface area (Å²) in [5.41, 5.74) is 0. The minimum atomic E-state index is -0.965. The zero-order valence-corrected chi connectivity index (χ0v) is 10.2. The summed E-state index contributed by atoms with van der Waals surface area (Å²) in [6, 6.07) is 0. The summed E-state index contributed by atoms with van der Waals surface area (Å²) in [6.07, 6.45) is 3.56. The number of rotatable bonds is 5. The molecule has 2 heterocycles. The van der Waals surface area contributed by atoms with E-state index in [0.29, 0.717) is 0 Å². The third-order valence-electron chi connectivity index (χ3n) is 2.73. The molecule has 0 fully saturated rings. The molecule has 2 aliphatic heterocycles. The molecular weight excluding hydrogens is 252 g/mol. The van der Waals surface area contributed by atoms with Crippen molar-refractivity contribution in [2.45, 2.75) is 13.2 Å². The van der Waals surface area contributed by atoms with Crippen molar-refractivity contribution in [2.75, 3.05) is 13.2 Å². The molecule has 1 unspecified atom stereocenters. The lowest BCUT2D eigenvalue weighted by molar-refractivity contribution is -0.158. The number of nitrogens with zero attached hydrogens (tertiary/aromatic N) is 2. The number of imide groups is 2. The number of amides is 4. The molecule has 0 aliphatic carbocycles. The van der Waals surface area contributed by atoms with Gasteiger partial charge in [0.05, 0.1) is 6.54 Å². The number of carbonyl (C=O) groups excluding carboxylic acids is 4. The molecule has 1 atom stereocenters. The van der Waals surface area contributed by atoms with Gasteiger partial charge in [-0.1, -0.05) is 0 Å².